The molecule has 2 amide bonds. The average Bonchev–Trinajstić information content (AvgIpc) is 2.90. The van der Waals surface area contributed by atoms with Crippen molar-refractivity contribution in [2.24, 2.45) is 5.92 Å². The second-order valence-electron chi connectivity index (χ2n) is 8.98. The molecule has 0 saturated carbocycles. The van der Waals surface area contributed by atoms with Crippen molar-refractivity contribution in [2.75, 3.05) is 18.1 Å². The van der Waals surface area contributed by atoms with Gasteiger partial charge in [-0.05, 0) is 54.4 Å². The number of carbonyl (C=O) groups excluding carboxylic acids is 2. The zero-order valence-electron chi connectivity index (χ0n) is 20.1. The third-order valence-corrected chi connectivity index (χ3v) is 7.93. The maximum absolute atomic E-state index is 13.6. The third-order valence-electron chi connectivity index (χ3n) is 6.47. The van der Waals surface area contributed by atoms with Crippen molar-refractivity contribution in [1.29, 1.82) is 0 Å². The van der Waals surface area contributed by atoms with Crippen molar-refractivity contribution in [1.82, 2.24) is 5.32 Å². The van der Waals surface area contributed by atoms with Crippen molar-refractivity contribution in [3.63, 3.8) is 0 Å². The quantitative estimate of drug-likeness (QED) is 0.503. The Bertz CT molecular complexity index is 1280. The van der Waals surface area contributed by atoms with Crippen LogP contribution < -0.4 is 19.7 Å². The van der Waals surface area contributed by atoms with Crippen molar-refractivity contribution in [2.45, 2.75) is 36.6 Å². The topological polar surface area (TPSA) is 67.9 Å². The van der Waals surface area contributed by atoms with E-state index in [1.54, 1.807) is 24.0 Å². The van der Waals surface area contributed by atoms with Crippen LogP contribution in [-0.4, -0.2) is 30.3 Å². The molecule has 0 aromatic heterocycles. The van der Waals surface area contributed by atoms with Gasteiger partial charge in [-0.1, -0.05) is 37.3 Å². The van der Waals surface area contributed by atoms with Crippen LogP contribution in [0.5, 0.6) is 11.5 Å². The Morgan fingerprint density at radius 1 is 1.06 bits per heavy atom. The Morgan fingerprint density at radius 3 is 2.56 bits per heavy atom. The molecule has 0 aliphatic carbocycles. The lowest BCUT2D eigenvalue weighted by Gasteiger charge is -2.36. The standard InChI is InChI=1S/C28H27FN2O4S/c1-17(27(32)30-18(2)20-9-12-23-24(15-20)35-14-13-34-23)26-28(33)31(16-19-7-10-21(29)11-8-19)22-5-3-4-6-25(22)36-26/h3-12,15,17-18,26H,13-14,16H2,1-2H3,(H,30,32)/t17-,18+,26+/m1/s1. The van der Waals surface area contributed by atoms with E-state index < -0.39 is 11.2 Å². The number of carbonyl (C=O) groups is 2. The van der Waals surface area contributed by atoms with Crippen molar-refractivity contribution in [3.8, 4) is 11.5 Å². The Morgan fingerprint density at radius 2 is 1.78 bits per heavy atom. The first-order valence-corrected chi connectivity index (χ1v) is 12.8. The van der Waals surface area contributed by atoms with Gasteiger partial charge in [0.15, 0.2) is 11.5 Å². The summed E-state index contributed by atoms with van der Waals surface area (Å²) in [5, 5.41) is 2.46. The second kappa shape index (κ2) is 10.2. The van der Waals surface area contributed by atoms with E-state index in [-0.39, 0.29) is 23.7 Å². The number of nitrogens with zero attached hydrogens (tertiary/aromatic N) is 1. The number of para-hydroxylation sites is 1. The molecule has 0 spiro atoms. The molecule has 0 saturated heterocycles. The number of thioether (sulfide) groups is 1. The zero-order valence-corrected chi connectivity index (χ0v) is 20.9. The minimum absolute atomic E-state index is 0.141. The van der Waals surface area contributed by atoms with Gasteiger partial charge in [0, 0.05) is 4.90 Å². The van der Waals surface area contributed by atoms with Gasteiger partial charge in [0.1, 0.15) is 24.3 Å². The summed E-state index contributed by atoms with van der Waals surface area (Å²) in [4.78, 5) is 29.6. The number of rotatable bonds is 6. The molecule has 36 heavy (non-hydrogen) atoms. The van der Waals surface area contributed by atoms with Gasteiger partial charge in [-0.3, -0.25) is 9.59 Å². The monoisotopic (exact) mass is 506 g/mol. The van der Waals surface area contributed by atoms with E-state index >= 15 is 0 Å². The molecule has 1 N–H and O–H groups in total. The number of hydrogen-bond acceptors (Lipinski definition) is 5. The number of fused-ring (bicyclic) bond motifs is 2. The van der Waals surface area contributed by atoms with Gasteiger partial charge in [-0.2, -0.15) is 0 Å². The Kier molecular flexibility index (Phi) is 6.87. The van der Waals surface area contributed by atoms with Crippen molar-refractivity contribution >= 4 is 29.3 Å². The second-order valence-corrected chi connectivity index (χ2v) is 10.2. The lowest BCUT2D eigenvalue weighted by Crippen LogP contribution is -2.47. The van der Waals surface area contributed by atoms with Gasteiger partial charge in [0.05, 0.1) is 24.2 Å². The largest absolute Gasteiger partial charge is 0.486 e. The SMILES string of the molecule is C[C@H](NC(=O)[C@H](C)[C@@H]1Sc2ccccc2N(Cc2ccc(F)cc2)C1=O)c1ccc2c(c1)OCCO2. The first-order chi connectivity index (χ1) is 17.4. The van der Waals surface area contributed by atoms with Crippen LogP contribution in [0.15, 0.2) is 71.6 Å². The van der Waals surface area contributed by atoms with E-state index in [0.29, 0.717) is 31.3 Å². The van der Waals surface area contributed by atoms with Crippen LogP contribution in [0.25, 0.3) is 0 Å². The summed E-state index contributed by atoms with van der Waals surface area (Å²) < 4.78 is 24.7. The molecule has 2 heterocycles. The van der Waals surface area contributed by atoms with Crippen LogP contribution >= 0.6 is 11.8 Å². The molecule has 0 radical (unpaired) electrons. The van der Waals surface area contributed by atoms with Crippen LogP contribution in [0.3, 0.4) is 0 Å². The maximum atomic E-state index is 13.6. The fourth-order valence-electron chi connectivity index (χ4n) is 4.39. The predicted octanol–water partition coefficient (Wildman–Crippen LogP) is 5.12. The summed E-state index contributed by atoms with van der Waals surface area (Å²) in [5.74, 6) is 0.114. The summed E-state index contributed by atoms with van der Waals surface area (Å²) in [7, 11) is 0. The third kappa shape index (κ3) is 4.91. The normalized spacial score (nSPS) is 18.2. The molecule has 2 aliphatic heterocycles. The average molecular weight is 507 g/mol. The van der Waals surface area contributed by atoms with E-state index in [0.717, 1.165) is 21.7 Å². The smallest absolute Gasteiger partial charge is 0.241 e. The number of amides is 2. The molecule has 186 valence electrons. The minimum Gasteiger partial charge on any atom is -0.486 e. The molecular weight excluding hydrogens is 479 g/mol. The summed E-state index contributed by atoms with van der Waals surface area (Å²) >= 11 is 1.41. The number of halogens is 1. The van der Waals surface area contributed by atoms with Crippen LogP contribution in [0.1, 0.15) is 31.0 Å². The Labute approximate surface area is 213 Å². The van der Waals surface area contributed by atoms with E-state index in [1.807, 2.05) is 49.4 Å². The highest BCUT2D eigenvalue weighted by Gasteiger charge is 2.39. The minimum atomic E-state index is -0.590. The first-order valence-electron chi connectivity index (χ1n) is 11.9. The molecule has 3 aromatic carbocycles. The van der Waals surface area contributed by atoms with Crippen molar-refractivity contribution < 1.29 is 23.5 Å². The van der Waals surface area contributed by atoms with E-state index in [4.69, 9.17) is 9.47 Å². The molecule has 2 aliphatic rings. The summed E-state index contributed by atoms with van der Waals surface area (Å²) in [6, 6.07) is 19.1. The van der Waals surface area contributed by atoms with Gasteiger partial charge in [-0.25, -0.2) is 4.39 Å². The highest BCUT2D eigenvalue weighted by molar-refractivity contribution is 8.01. The number of anilines is 1. The lowest BCUT2D eigenvalue weighted by atomic mass is 10.0. The number of ether oxygens (including phenoxy) is 2. The van der Waals surface area contributed by atoms with Gasteiger partial charge in [0.2, 0.25) is 11.8 Å². The van der Waals surface area contributed by atoms with Gasteiger partial charge in [0.25, 0.3) is 0 Å². The van der Waals surface area contributed by atoms with Crippen LogP contribution in [0.2, 0.25) is 0 Å². The predicted molar refractivity (Wildman–Crippen MR) is 137 cm³/mol. The highest BCUT2D eigenvalue weighted by Crippen LogP contribution is 2.42. The molecule has 3 atom stereocenters. The zero-order chi connectivity index (χ0) is 25.2. The Balaban J connectivity index is 1.33. The Hall–Kier alpha value is -3.52. The summed E-state index contributed by atoms with van der Waals surface area (Å²) in [5.41, 5.74) is 2.51. The summed E-state index contributed by atoms with van der Waals surface area (Å²) in [6.45, 7) is 5.00. The molecule has 6 nitrogen and oxygen atoms in total. The molecular formula is C28H27FN2O4S. The van der Waals surface area contributed by atoms with Crippen molar-refractivity contribution in [3.05, 3.63) is 83.7 Å². The van der Waals surface area contributed by atoms with Crippen LogP contribution in [0, 0.1) is 11.7 Å². The fraction of sp³-hybridized carbons (Fsp3) is 0.286. The number of hydrogen-bond donors (Lipinski definition) is 1. The van der Waals surface area contributed by atoms with Crippen LogP contribution in [0.4, 0.5) is 10.1 Å². The number of benzene rings is 3. The van der Waals surface area contributed by atoms with E-state index in [1.165, 1.54) is 23.9 Å². The molecule has 0 fully saturated rings. The highest BCUT2D eigenvalue weighted by atomic mass is 32.2. The lowest BCUT2D eigenvalue weighted by molar-refractivity contribution is -0.128. The van der Waals surface area contributed by atoms with Crippen LogP contribution in [-0.2, 0) is 16.1 Å². The fourth-order valence-corrected chi connectivity index (χ4v) is 5.67. The maximum Gasteiger partial charge on any atom is 0.241 e. The number of nitrogens with one attached hydrogen (secondary N) is 1. The first kappa shape index (κ1) is 24.2. The van der Waals surface area contributed by atoms with Gasteiger partial charge < -0.3 is 19.7 Å². The molecule has 0 unspecified atom stereocenters. The van der Waals surface area contributed by atoms with E-state index in [9.17, 15) is 14.0 Å². The van der Waals surface area contributed by atoms with Gasteiger partial charge >= 0.3 is 0 Å². The molecule has 3 aromatic rings. The summed E-state index contributed by atoms with van der Waals surface area (Å²) in [6.07, 6.45) is 0. The molecule has 8 heteroatoms. The van der Waals surface area contributed by atoms with Gasteiger partial charge in [-0.15, -0.1) is 11.8 Å². The molecule has 0 bridgehead atoms. The molecule has 5 rings (SSSR count). The van der Waals surface area contributed by atoms with E-state index in [2.05, 4.69) is 5.32 Å².